The largest absolute Gasteiger partial charge is 0.489 e. The molecule has 2 atom stereocenters. The van der Waals surface area contributed by atoms with Crippen LogP contribution in [0.2, 0.25) is 0 Å². The number of carboxylic acids is 1. The van der Waals surface area contributed by atoms with E-state index < -0.39 is 34.0 Å². The summed E-state index contributed by atoms with van der Waals surface area (Å²) in [6, 6.07) is 10.4. The molecule has 1 fully saturated rings. The van der Waals surface area contributed by atoms with Gasteiger partial charge in [0.05, 0.1) is 11.0 Å². The Bertz CT molecular complexity index is 947. The summed E-state index contributed by atoms with van der Waals surface area (Å²) in [6.45, 7) is -0.289. The van der Waals surface area contributed by atoms with E-state index in [1.807, 2.05) is 0 Å². The predicted molar refractivity (Wildman–Crippen MR) is 97.7 cm³/mol. The first kappa shape index (κ1) is 20.2. The molecule has 0 spiro atoms. The van der Waals surface area contributed by atoms with Gasteiger partial charge >= 0.3 is 5.97 Å². The standard InChI is InChI=1S/C19H20FNO6S/c20-17-4-2-1-3-13(17)12-27-15-6-8-16(9-7-15)28(25,26)21-11-14(22)5-10-18(21)19(23)24/h1-4,6-9,14,18,22H,5,10-12H2,(H,23,24). The lowest BCUT2D eigenvalue weighted by atomic mass is 10.0. The van der Waals surface area contributed by atoms with Gasteiger partial charge in [0.1, 0.15) is 24.2 Å². The minimum Gasteiger partial charge on any atom is -0.489 e. The third-order valence-electron chi connectivity index (χ3n) is 4.58. The highest BCUT2D eigenvalue weighted by Gasteiger charge is 2.40. The van der Waals surface area contributed by atoms with Gasteiger partial charge in [0.25, 0.3) is 0 Å². The van der Waals surface area contributed by atoms with Gasteiger partial charge in [0.2, 0.25) is 10.0 Å². The summed E-state index contributed by atoms with van der Waals surface area (Å²) >= 11 is 0. The van der Waals surface area contributed by atoms with Crippen molar-refractivity contribution >= 4 is 16.0 Å². The smallest absolute Gasteiger partial charge is 0.322 e. The maximum atomic E-state index is 13.6. The molecular formula is C19H20FNO6S. The van der Waals surface area contributed by atoms with Crippen molar-refractivity contribution in [3.05, 3.63) is 59.9 Å². The molecule has 1 aliphatic heterocycles. The number of aliphatic hydroxyl groups is 1. The Balaban J connectivity index is 1.76. The Hall–Kier alpha value is -2.49. The minimum absolute atomic E-state index is 0.0157. The lowest BCUT2D eigenvalue weighted by Crippen LogP contribution is -2.51. The Morgan fingerprint density at radius 1 is 1.14 bits per heavy atom. The van der Waals surface area contributed by atoms with Gasteiger partial charge < -0.3 is 14.9 Å². The summed E-state index contributed by atoms with van der Waals surface area (Å²) in [4.78, 5) is 11.3. The Labute approximate surface area is 162 Å². The number of rotatable bonds is 6. The van der Waals surface area contributed by atoms with E-state index in [9.17, 15) is 27.8 Å². The van der Waals surface area contributed by atoms with Crippen LogP contribution < -0.4 is 4.74 Å². The van der Waals surface area contributed by atoms with E-state index in [1.54, 1.807) is 18.2 Å². The number of ether oxygens (including phenoxy) is 1. The Kier molecular flexibility index (Phi) is 5.97. The molecule has 2 N–H and O–H groups in total. The van der Waals surface area contributed by atoms with Crippen LogP contribution >= 0.6 is 0 Å². The summed E-state index contributed by atoms with van der Waals surface area (Å²) in [7, 11) is -4.10. The van der Waals surface area contributed by atoms with Gasteiger partial charge in [0.15, 0.2) is 0 Å². The highest BCUT2D eigenvalue weighted by Crippen LogP contribution is 2.27. The number of halogens is 1. The summed E-state index contributed by atoms with van der Waals surface area (Å²) < 4.78 is 45.6. The first-order valence-corrected chi connectivity index (χ1v) is 10.1. The van der Waals surface area contributed by atoms with E-state index in [2.05, 4.69) is 0 Å². The van der Waals surface area contributed by atoms with E-state index in [4.69, 9.17) is 4.74 Å². The van der Waals surface area contributed by atoms with Crippen molar-refractivity contribution in [2.45, 2.75) is 36.5 Å². The average Bonchev–Trinajstić information content (AvgIpc) is 2.67. The highest BCUT2D eigenvalue weighted by atomic mass is 32.2. The predicted octanol–water partition coefficient (Wildman–Crippen LogP) is 2.00. The lowest BCUT2D eigenvalue weighted by molar-refractivity contribution is -0.143. The highest BCUT2D eigenvalue weighted by molar-refractivity contribution is 7.89. The fraction of sp³-hybridized carbons (Fsp3) is 0.316. The van der Waals surface area contributed by atoms with Crippen molar-refractivity contribution in [1.29, 1.82) is 0 Å². The number of sulfonamides is 1. The van der Waals surface area contributed by atoms with Crippen molar-refractivity contribution in [1.82, 2.24) is 4.31 Å². The quantitative estimate of drug-likeness (QED) is 0.756. The van der Waals surface area contributed by atoms with Gasteiger partial charge in [-0.05, 0) is 43.2 Å². The number of nitrogens with zero attached hydrogens (tertiary/aromatic N) is 1. The maximum absolute atomic E-state index is 13.6. The fourth-order valence-electron chi connectivity index (χ4n) is 3.05. The molecule has 0 aliphatic carbocycles. The molecule has 1 saturated heterocycles. The third kappa shape index (κ3) is 4.32. The topological polar surface area (TPSA) is 104 Å². The second kappa shape index (κ2) is 8.26. The SMILES string of the molecule is O=C(O)C1CCC(O)CN1S(=O)(=O)c1ccc(OCc2ccccc2F)cc1. The monoisotopic (exact) mass is 409 g/mol. The van der Waals surface area contributed by atoms with Crippen LogP contribution in [-0.2, 0) is 21.4 Å². The van der Waals surface area contributed by atoms with Gasteiger partial charge in [-0.25, -0.2) is 12.8 Å². The molecule has 2 aromatic carbocycles. The minimum atomic E-state index is -4.10. The number of β-amino-alcohol motifs (C(OH)–C–C–N with tert-alkyl or cyclic N) is 1. The van der Waals surface area contributed by atoms with Crippen LogP contribution in [0.25, 0.3) is 0 Å². The zero-order valence-corrected chi connectivity index (χ0v) is 15.7. The zero-order valence-electron chi connectivity index (χ0n) is 14.9. The summed E-state index contributed by atoms with van der Waals surface area (Å²) in [5.74, 6) is -1.30. The van der Waals surface area contributed by atoms with Gasteiger partial charge in [-0.2, -0.15) is 4.31 Å². The van der Waals surface area contributed by atoms with Crippen LogP contribution in [0.4, 0.5) is 4.39 Å². The second-order valence-corrected chi connectivity index (χ2v) is 8.40. The lowest BCUT2D eigenvalue weighted by Gasteiger charge is -2.34. The molecule has 0 bridgehead atoms. The van der Waals surface area contributed by atoms with Crippen molar-refractivity contribution in [2.24, 2.45) is 0 Å². The molecule has 7 nitrogen and oxygen atoms in total. The molecule has 3 rings (SSSR count). The van der Waals surface area contributed by atoms with E-state index in [0.29, 0.717) is 11.3 Å². The number of carboxylic acid groups (broad SMARTS) is 1. The Morgan fingerprint density at radius 3 is 2.46 bits per heavy atom. The number of hydrogen-bond acceptors (Lipinski definition) is 5. The van der Waals surface area contributed by atoms with Crippen molar-refractivity contribution in [3.63, 3.8) is 0 Å². The van der Waals surface area contributed by atoms with Gasteiger partial charge in [-0.15, -0.1) is 0 Å². The van der Waals surface area contributed by atoms with Crippen molar-refractivity contribution in [3.8, 4) is 5.75 Å². The van der Waals surface area contributed by atoms with Crippen LogP contribution in [0.3, 0.4) is 0 Å². The number of piperidine rings is 1. The van der Waals surface area contributed by atoms with E-state index in [-0.39, 0.29) is 30.9 Å². The molecule has 9 heteroatoms. The number of aliphatic carboxylic acids is 1. The van der Waals surface area contributed by atoms with E-state index >= 15 is 0 Å². The summed E-state index contributed by atoms with van der Waals surface area (Å²) in [5, 5.41) is 19.1. The van der Waals surface area contributed by atoms with Crippen LogP contribution in [0.15, 0.2) is 53.4 Å². The van der Waals surface area contributed by atoms with Gasteiger partial charge in [-0.1, -0.05) is 18.2 Å². The average molecular weight is 409 g/mol. The number of benzene rings is 2. The third-order valence-corrected chi connectivity index (χ3v) is 6.47. The molecule has 2 unspecified atom stereocenters. The van der Waals surface area contributed by atoms with Gasteiger partial charge in [0, 0.05) is 12.1 Å². The van der Waals surface area contributed by atoms with Crippen molar-refractivity contribution in [2.75, 3.05) is 6.54 Å². The van der Waals surface area contributed by atoms with E-state index in [1.165, 1.54) is 30.3 Å². The normalized spacial score (nSPS) is 20.6. The van der Waals surface area contributed by atoms with Crippen molar-refractivity contribution < 1.29 is 32.6 Å². The van der Waals surface area contributed by atoms with Crippen LogP contribution in [0.1, 0.15) is 18.4 Å². The molecular weight excluding hydrogens is 389 g/mol. The molecule has 0 saturated carbocycles. The fourth-order valence-corrected chi connectivity index (χ4v) is 4.70. The molecule has 0 aromatic heterocycles. The molecule has 2 aromatic rings. The number of hydrogen-bond donors (Lipinski definition) is 2. The Morgan fingerprint density at radius 2 is 1.82 bits per heavy atom. The number of aliphatic hydroxyl groups excluding tert-OH is 1. The molecule has 28 heavy (non-hydrogen) atoms. The molecule has 0 amide bonds. The first-order valence-electron chi connectivity index (χ1n) is 8.68. The number of carbonyl (C=O) groups is 1. The second-order valence-electron chi connectivity index (χ2n) is 6.51. The molecule has 1 heterocycles. The van der Waals surface area contributed by atoms with Crippen LogP contribution in [0.5, 0.6) is 5.75 Å². The molecule has 150 valence electrons. The maximum Gasteiger partial charge on any atom is 0.322 e. The van der Waals surface area contributed by atoms with E-state index in [0.717, 1.165) is 4.31 Å². The van der Waals surface area contributed by atoms with Gasteiger partial charge in [-0.3, -0.25) is 4.79 Å². The summed E-state index contributed by atoms with van der Waals surface area (Å²) in [5.41, 5.74) is 0.366. The van der Waals surface area contributed by atoms with Crippen LogP contribution in [0, 0.1) is 5.82 Å². The molecule has 1 aliphatic rings. The van der Waals surface area contributed by atoms with Crippen LogP contribution in [-0.4, -0.2) is 47.6 Å². The molecule has 0 radical (unpaired) electrons. The zero-order chi connectivity index (χ0) is 20.3. The first-order chi connectivity index (χ1) is 13.3. The summed E-state index contributed by atoms with van der Waals surface area (Å²) in [6.07, 6.45) is -0.639.